The van der Waals surface area contributed by atoms with E-state index in [0.29, 0.717) is 11.3 Å². The summed E-state index contributed by atoms with van der Waals surface area (Å²) in [6.07, 6.45) is 0. The maximum atomic E-state index is 11.8. The smallest absolute Gasteiger partial charge is 0.355 e. The summed E-state index contributed by atoms with van der Waals surface area (Å²) in [5.74, 6) is -1.59. The highest BCUT2D eigenvalue weighted by Gasteiger charge is 2.25. The molecular formula is C12H17NO4. The molecule has 0 atom stereocenters. The topological polar surface area (TPSA) is 79.4 Å². The Morgan fingerprint density at radius 3 is 2.12 bits per heavy atom. The summed E-state index contributed by atoms with van der Waals surface area (Å²) >= 11 is 0. The van der Waals surface area contributed by atoms with Gasteiger partial charge in [0, 0.05) is 5.69 Å². The van der Waals surface area contributed by atoms with Gasteiger partial charge >= 0.3 is 11.9 Å². The fourth-order valence-electron chi connectivity index (χ4n) is 1.60. The highest BCUT2D eigenvalue weighted by Crippen LogP contribution is 2.20. The number of rotatable bonds is 2. The first kappa shape index (κ1) is 13.3. The van der Waals surface area contributed by atoms with Gasteiger partial charge in [-0.15, -0.1) is 0 Å². The molecule has 2 N–H and O–H groups in total. The van der Waals surface area contributed by atoms with Crippen molar-refractivity contribution in [2.75, 3.05) is 0 Å². The monoisotopic (exact) mass is 239 g/mol. The van der Waals surface area contributed by atoms with E-state index in [1.54, 1.807) is 34.6 Å². The highest BCUT2D eigenvalue weighted by molar-refractivity contribution is 5.97. The number of aromatic carboxylic acids is 1. The number of carboxylic acid groups (broad SMARTS) is 1. The number of carbonyl (C=O) groups is 2. The average molecular weight is 239 g/mol. The van der Waals surface area contributed by atoms with Crippen LogP contribution < -0.4 is 0 Å². The predicted molar refractivity (Wildman–Crippen MR) is 62.4 cm³/mol. The maximum absolute atomic E-state index is 11.8. The number of hydrogen-bond acceptors (Lipinski definition) is 3. The van der Waals surface area contributed by atoms with Crippen LogP contribution >= 0.6 is 0 Å². The lowest BCUT2D eigenvalue weighted by Crippen LogP contribution is -2.24. The average Bonchev–Trinajstić information content (AvgIpc) is 2.38. The summed E-state index contributed by atoms with van der Waals surface area (Å²) in [5, 5.41) is 9.00. The van der Waals surface area contributed by atoms with Gasteiger partial charge in [0.15, 0.2) is 0 Å². The first-order valence-electron chi connectivity index (χ1n) is 5.29. The second-order valence-electron chi connectivity index (χ2n) is 4.93. The molecule has 0 aliphatic heterocycles. The normalized spacial score (nSPS) is 11.4. The van der Waals surface area contributed by atoms with Crippen molar-refractivity contribution < 1.29 is 19.4 Å². The minimum absolute atomic E-state index is 0.130. The van der Waals surface area contributed by atoms with Crippen molar-refractivity contribution in [3.63, 3.8) is 0 Å². The van der Waals surface area contributed by atoms with Crippen LogP contribution in [0.5, 0.6) is 0 Å². The highest BCUT2D eigenvalue weighted by atomic mass is 16.6. The van der Waals surface area contributed by atoms with E-state index in [0.717, 1.165) is 0 Å². The Morgan fingerprint density at radius 2 is 1.76 bits per heavy atom. The Kier molecular flexibility index (Phi) is 3.31. The van der Waals surface area contributed by atoms with E-state index in [9.17, 15) is 9.59 Å². The predicted octanol–water partition coefficient (Wildman–Crippen LogP) is 2.29. The fourth-order valence-corrected chi connectivity index (χ4v) is 1.60. The first-order chi connectivity index (χ1) is 7.63. The van der Waals surface area contributed by atoms with Gasteiger partial charge in [-0.05, 0) is 40.2 Å². The molecule has 1 aromatic rings. The molecule has 1 rings (SSSR count). The lowest BCUT2D eigenvalue weighted by molar-refractivity contribution is 0.00626. The van der Waals surface area contributed by atoms with Gasteiger partial charge in [-0.25, -0.2) is 9.59 Å². The lowest BCUT2D eigenvalue weighted by Gasteiger charge is -2.19. The van der Waals surface area contributed by atoms with Crippen molar-refractivity contribution in [2.45, 2.75) is 40.2 Å². The molecule has 0 fully saturated rings. The van der Waals surface area contributed by atoms with Crippen molar-refractivity contribution in [1.29, 1.82) is 0 Å². The molecular weight excluding hydrogens is 222 g/mol. The number of ether oxygens (including phenoxy) is 1. The zero-order valence-corrected chi connectivity index (χ0v) is 10.7. The van der Waals surface area contributed by atoms with Crippen LogP contribution in [0.1, 0.15) is 52.9 Å². The van der Waals surface area contributed by atoms with Crippen LogP contribution in [-0.2, 0) is 4.74 Å². The third-order valence-corrected chi connectivity index (χ3v) is 2.25. The van der Waals surface area contributed by atoms with Gasteiger partial charge in [-0.1, -0.05) is 0 Å². The van der Waals surface area contributed by atoms with Crippen molar-refractivity contribution in [1.82, 2.24) is 4.98 Å². The largest absolute Gasteiger partial charge is 0.478 e. The number of carboxylic acids is 1. The Labute approximate surface area is 99.8 Å². The van der Waals surface area contributed by atoms with Crippen LogP contribution in [0.4, 0.5) is 0 Å². The van der Waals surface area contributed by atoms with Crippen LogP contribution in [0, 0.1) is 13.8 Å². The third-order valence-electron chi connectivity index (χ3n) is 2.25. The summed E-state index contributed by atoms with van der Waals surface area (Å²) in [6, 6.07) is 0. The summed E-state index contributed by atoms with van der Waals surface area (Å²) in [5.41, 5.74) is 0.590. The van der Waals surface area contributed by atoms with E-state index in [2.05, 4.69) is 4.98 Å². The molecule has 1 aromatic heterocycles. The van der Waals surface area contributed by atoms with Gasteiger partial charge in [-0.3, -0.25) is 0 Å². The number of H-pyrrole nitrogens is 1. The molecule has 0 aliphatic rings. The summed E-state index contributed by atoms with van der Waals surface area (Å²) < 4.78 is 5.19. The van der Waals surface area contributed by atoms with Gasteiger partial charge in [0.25, 0.3) is 0 Å². The number of aromatic amines is 1. The minimum atomic E-state index is -1.05. The van der Waals surface area contributed by atoms with E-state index in [-0.39, 0.29) is 11.3 Å². The molecule has 17 heavy (non-hydrogen) atoms. The second kappa shape index (κ2) is 4.24. The Hall–Kier alpha value is -1.78. The molecule has 0 saturated heterocycles. The number of aromatic nitrogens is 1. The second-order valence-corrected chi connectivity index (χ2v) is 4.93. The van der Waals surface area contributed by atoms with Gasteiger partial charge in [0.05, 0.1) is 5.56 Å². The molecule has 0 radical (unpaired) electrons. The number of aryl methyl sites for hydroxylation is 1. The molecule has 0 saturated carbocycles. The van der Waals surface area contributed by atoms with E-state index >= 15 is 0 Å². The lowest BCUT2D eigenvalue weighted by atomic mass is 10.1. The van der Waals surface area contributed by atoms with E-state index in [1.165, 1.54) is 0 Å². The van der Waals surface area contributed by atoms with Crippen molar-refractivity contribution in [2.24, 2.45) is 0 Å². The molecule has 0 aromatic carbocycles. The van der Waals surface area contributed by atoms with Gasteiger partial charge in [0.2, 0.25) is 0 Å². The number of carbonyl (C=O) groups excluding carboxylic acids is 1. The third kappa shape index (κ3) is 2.87. The molecule has 0 bridgehead atoms. The SMILES string of the molecule is Cc1[nH]c(C(=O)OC(C)(C)C)c(C)c1C(=O)O. The van der Waals surface area contributed by atoms with Crippen LogP contribution in [0.2, 0.25) is 0 Å². The quantitative estimate of drug-likeness (QED) is 0.776. The zero-order valence-electron chi connectivity index (χ0n) is 10.7. The standard InChI is InChI=1S/C12H17NO4/c1-6-8(10(14)15)7(2)13-9(6)11(16)17-12(3,4)5/h13H,1-5H3,(H,14,15). The van der Waals surface area contributed by atoms with E-state index in [1.807, 2.05) is 0 Å². The summed E-state index contributed by atoms with van der Waals surface area (Å²) in [7, 11) is 0. The molecule has 5 heteroatoms. The van der Waals surface area contributed by atoms with Crippen molar-refractivity contribution in [3.8, 4) is 0 Å². The summed E-state index contributed by atoms with van der Waals surface area (Å²) in [4.78, 5) is 25.6. The van der Waals surface area contributed by atoms with Crippen LogP contribution in [0.25, 0.3) is 0 Å². The first-order valence-corrected chi connectivity index (χ1v) is 5.29. The molecule has 5 nitrogen and oxygen atoms in total. The maximum Gasteiger partial charge on any atom is 0.355 e. The van der Waals surface area contributed by atoms with Crippen molar-refractivity contribution in [3.05, 3.63) is 22.5 Å². The fraction of sp³-hybridized carbons (Fsp3) is 0.500. The van der Waals surface area contributed by atoms with E-state index in [4.69, 9.17) is 9.84 Å². The zero-order chi connectivity index (χ0) is 13.4. The molecule has 0 aliphatic carbocycles. The number of hydrogen-bond donors (Lipinski definition) is 2. The molecule has 0 unspecified atom stereocenters. The Balaban J connectivity index is 3.13. The molecule has 94 valence electrons. The van der Waals surface area contributed by atoms with Gasteiger partial charge in [0.1, 0.15) is 11.3 Å². The molecule has 0 spiro atoms. The number of nitrogens with one attached hydrogen (secondary N) is 1. The van der Waals surface area contributed by atoms with Crippen LogP contribution in [0.3, 0.4) is 0 Å². The van der Waals surface area contributed by atoms with Crippen LogP contribution in [-0.4, -0.2) is 27.6 Å². The Morgan fingerprint density at radius 1 is 1.24 bits per heavy atom. The van der Waals surface area contributed by atoms with Crippen molar-refractivity contribution >= 4 is 11.9 Å². The minimum Gasteiger partial charge on any atom is -0.478 e. The molecule has 0 amide bonds. The van der Waals surface area contributed by atoms with Gasteiger partial charge in [-0.2, -0.15) is 0 Å². The molecule has 1 heterocycles. The Bertz CT molecular complexity index is 466. The summed E-state index contributed by atoms with van der Waals surface area (Å²) in [6.45, 7) is 8.48. The van der Waals surface area contributed by atoms with E-state index < -0.39 is 17.5 Å². The number of esters is 1. The van der Waals surface area contributed by atoms with Gasteiger partial charge < -0.3 is 14.8 Å². The van der Waals surface area contributed by atoms with Crippen LogP contribution in [0.15, 0.2) is 0 Å².